The Balaban J connectivity index is 0.00000242. The van der Waals surface area contributed by atoms with Crippen LogP contribution in [0.25, 0.3) is 0 Å². The van der Waals surface area contributed by atoms with Crippen LogP contribution in [0.4, 0.5) is 0 Å². The number of rotatable bonds is 5. The number of hydrogen-bond acceptors (Lipinski definition) is 3. The molecule has 1 unspecified atom stereocenters. The first-order valence-corrected chi connectivity index (χ1v) is 7.80. The molecule has 0 saturated carbocycles. The van der Waals surface area contributed by atoms with Gasteiger partial charge in [-0.25, -0.2) is 0 Å². The lowest BCUT2D eigenvalue weighted by Crippen LogP contribution is -2.48. The first-order chi connectivity index (χ1) is 10.0. The van der Waals surface area contributed by atoms with Crippen LogP contribution >= 0.6 is 24.0 Å². The number of ether oxygens (including phenoxy) is 1. The highest BCUT2D eigenvalue weighted by atomic mass is 35.5. The van der Waals surface area contributed by atoms with Crippen molar-refractivity contribution in [2.24, 2.45) is 5.73 Å². The van der Waals surface area contributed by atoms with Gasteiger partial charge in [-0.3, -0.25) is 4.79 Å². The molecule has 0 radical (unpaired) electrons. The van der Waals surface area contributed by atoms with E-state index < -0.39 is 5.41 Å². The van der Waals surface area contributed by atoms with E-state index in [1.807, 2.05) is 31.2 Å². The third-order valence-electron chi connectivity index (χ3n) is 4.04. The van der Waals surface area contributed by atoms with Crippen molar-refractivity contribution in [3.8, 4) is 0 Å². The molecule has 0 bridgehead atoms. The lowest BCUT2D eigenvalue weighted by Gasteiger charge is -2.36. The minimum absolute atomic E-state index is 0. The maximum Gasteiger partial charge on any atom is 0.230 e. The van der Waals surface area contributed by atoms with E-state index in [0.717, 1.165) is 12.0 Å². The fourth-order valence-corrected chi connectivity index (χ4v) is 2.93. The summed E-state index contributed by atoms with van der Waals surface area (Å²) in [4.78, 5) is 12.8. The van der Waals surface area contributed by atoms with Crippen molar-refractivity contribution in [2.75, 3.05) is 19.8 Å². The summed E-state index contributed by atoms with van der Waals surface area (Å²) in [6, 6.07) is 7.67. The Morgan fingerprint density at radius 2 is 2.14 bits per heavy atom. The molecule has 0 aromatic heterocycles. The van der Waals surface area contributed by atoms with Gasteiger partial charge in [0.25, 0.3) is 0 Å². The highest BCUT2D eigenvalue weighted by molar-refractivity contribution is 6.30. The molecule has 124 valence electrons. The molecule has 1 aromatic rings. The summed E-state index contributed by atoms with van der Waals surface area (Å²) in [6.45, 7) is 3.72. The van der Waals surface area contributed by atoms with E-state index in [0.29, 0.717) is 37.6 Å². The molecule has 1 aliphatic rings. The van der Waals surface area contributed by atoms with Crippen LogP contribution in [-0.2, 0) is 14.9 Å². The maximum atomic E-state index is 12.8. The Labute approximate surface area is 143 Å². The molecular weight excluding hydrogens is 323 g/mol. The van der Waals surface area contributed by atoms with Gasteiger partial charge in [0.05, 0.1) is 5.41 Å². The van der Waals surface area contributed by atoms with Gasteiger partial charge in [0.1, 0.15) is 0 Å². The molecule has 1 aliphatic heterocycles. The largest absolute Gasteiger partial charge is 0.381 e. The van der Waals surface area contributed by atoms with Gasteiger partial charge in [-0.15, -0.1) is 12.4 Å². The Morgan fingerprint density at radius 1 is 1.45 bits per heavy atom. The van der Waals surface area contributed by atoms with Crippen LogP contribution in [0.3, 0.4) is 0 Å². The first kappa shape index (κ1) is 19.2. The van der Waals surface area contributed by atoms with Gasteiger partial charge < -0.3 is 15.8 Å². The second kappa shape index (κ2) is 8.73. The van der Waals surface area contributed by atoms with E-state index in [-0.39, 0.29) is 24.4 Å². The zero-order chi connectivity index (χ0) is 15.3. The minimum Gasteiger partial charge on any atom is -0.381 e. The summed E-state index contributed by atoms with van der Waals surface area (Å²) in [5.41, 5.74) is 6.16. The van der Waals surface area contributed by atoms with Gasteiger partial charge in [0, 0.05) is 30.8 Å². The summed E-state index contributed by atoms with van der Waals surface area (Å²) in [5.74, 6) is 0.0497. The molecule has 0 spiro atoms. The predicted molar refractivity (Wildman–Crippen MR) is 91.7 cm³/mol. The number of amides is 1. The molecular formula is C16H24Cl2N2O2. The van der Waals surface area contributed by atoms with E-state index in [4.69, 9.17) is 22.1 Å². The molecule has 1 atom stereocenters. The summed E-state index contributed by atoms with van der Waals surface area (Å²) in [7, 11) is 0. The zero-order valence-electron chi connectivity index (χ0n) is 12.8. The molecule has 4 nitrogen and oxygen atoms in total. The van der Waals surface area contributed by atoms with Gasteiger partial charge >= 0.3 is 0 Å². The Kier molecular flexibility index (Phi) is 7.63. The van der Waals surface area contributed by atoms with E-state index in [2.05, 4.69) is 5.32 Å². The molecule has 1 saturated heterocycles. The van der Waals surface area contributed by atoms with E-state index in [1.54, 1.807) is 0 Å². The molecule has 0 aliphatic carbocycles. The molecule has 1 heterocycles. The van der Waals surface area contributed by atoms with Crippen molar-refractivity contribution < 1.29 is 9.53 Å². The van der Waals surface area contributed by atoms with Gasteiger partial charge in [0.15, 0.2) is 0 Å². The standard InChI is InChI=1S/C16H23ClN2O2.ClH/c1-12(18)5-8-19-15(20)16(6-9-21-10-7-16)13-3-2-4-14(17)11-13;/h2-4,11-12H,5-10,18H2,1H3,(H,19,20);1H. The summed E-state index contributed by atoms with van der Waals surface area (Å²) >= 11 is 6.10. The molecule has 2 rings (SSSR count). The van der Waals surface area contributed by atoms with Crippen molar-refractivity contribution in [2.45, 2.75) is 37.6 Å². The summed E-state index contributed by atoms with van der Waals surface area (Å²) < 4.78 is 5.44. The average Bonchev–Trinajstić information content (AvgIpc) is 2.47. The van der Waals surface area contributed by atoms with Crippen molar-refractivity contribution in [1.29, 1.82) is 0 Å². The van der Waals surface area contributed by atoms with Gasteiger partial charge in [0.2, 0.25) is 5.91 Å². The van der Waals surface area contributed by atoms with E-state index in [1.165, 1.54) is 0 Å². The number of nitrogens with two attached hydrogens (primary N) is 1. The fourth-order valence-electron chi connectivity index (χ4n) is 2.74. The van der Waals surface area contributed by atoms with Crippen LogP contribution in [0.1, 0.15) is 31.7 Å². The van der Waals surface area contributed by atoms with Crippen molar-refractivity contribution in [3.63, 3.8) is 0 Å². The molecule has 1 fully saturated rings. The molecule has 22 heavy (non-hydrogen) atoms. The van der Waals surface area contributed by atoms with Crippen LogP contribution in [-0.4, -0.2) is 31.7 Å². The lowest BCUT2D eigenvalue weighted by molar-refractivity contribution is -0.130. The predicted octanol–water partition coefficient (Wildman–Crippen LogP) is 2.66. The van der Waals surface area contributed by atoms with Crippen LogP contribution in [0.5, 0.6) is 0 Å². The average molecular weight is 347 g/mol. The number of halogens is 2. The Bertz CT molecular complexity index is 489. The summed E-state index contributed by atoms with van der Waals surface area (Å²) in [6.07, 6.45) is 2.13. The van der Waals surface area contributed by atoms with Gasteiger partial charge in [-0.05, 0) is 43.9 Å². The second-order valence-corrected chi connectivity index (χ2v) is 6.16. The van der Waals surface area contributed by atoms with Crippen LogP contribution in [0, 0.1) is 0 Å². The normalized spacial score (nSPS) is 18.1. The molecule has 6 heteroatoms. The van der Waals surface area contributed by atoms with Crippen LogP contribution < -0.4 is 11.1 Å². The highest BCUT2D eigenvalue weighted by Crippen LogP contribution is 2.36. The Hall–Kier alpha value is -0.810. The van der Waals surface area contributed by atoms with Crippen molar-refractivity contribution in [1.82, 2.24) is 5.32 Å². The third-order valence-corrected chi connectivity index (χ3v) is 4.28. The topological polar surface area (TPSA) is 64.3 Å². The fraction of sp³-hybridized carbons (Fsp3) is 0.562. The number of nitrogens with one attached hydrogen (secondary N) is 1. The molecule has 1 amide bonds. The molecule has 3 N–H and O–H groups in total. The smallest absolute Gasteiger partial charge is 0.230 e. The van der Waals surface area contributed by atoms with E-state index >= 15 is 0 Å². The Morgan fingerprint density at radius 3 is 2.73 bits per heavy atom. The maximum absolute atomic E-state index is 12.8. The number of carbonyl (C=O) groups excluding carboxylic acids is 1. The van der Waals surface area contributed by atoms with Gasteiger partial charge in [-0.2, -0.15) is 0 Å². The quantitative estimate of drug-likeness (QED) is 0.861. The highest BCUT2D eigenvalue weighted by Gasteiger charge is 2.41. The second-order valence-electron chi connectivity index (χ2n) is 5.73. The van der Waals surface area contributed by atoms with Gasteiger partial charge in [-0.1, -0.05) is 23.7 Å². The van der Waals surface area contributed by atoms with Crippen molar-refractivity contribution >= 4 is 29.9 Å². The van der Waals surface area contributed by atoms with Crippen LogP contribution in [0.15, 0.2) is 24.3 Å². The van der Waals surface area contributed by atoms with E-state index in [9.17, 15) is 4.79 Å². The van der Waals surface area contributed by atoms with Crippen molar-refractivity contribution in [3.05, 3.63) is 34.9 Å². The SMILES string of the molecule is CC(N)CCNC(=O)C1(c2cccc(Cl)c2)CCOCC1.Cl. The number of benzene rings is 1. The molecule has 1 aromatic carbocycles. The monoisotopic (exact) mass is 346 g/mol. The van der Waals surface area contributed by atoms with Crippen LogP contribution in [0.2, 0.25) is 5.02 Å². The zero-order valence-corrected chi connectivity index (χ0v) is 14.4. The first-order valence-electron chi connectivity index (χ1n) is 7.42. The lowest BCUT2D eigenvalue weighted by atomic mass is 9.73. The minimum atomic E-state index is -0.541. The third kappa shape index (κ3) is 4.59. The summed E-state index contributed by atoms with van der Waals surface area (Å²) in [5, 5.41) is 3.68. The number of carbonyl (C=O) groups is 1. The number of hydrogen-bond donors (Lipinski definition) is 2.